The van der Waals surface area contributed by atoms with E-state index in [-0.39, 0.29) is 0 Å². The molecule has 8 rings (SSSR count). The Hall–Kier alpha value is -5.99. The third-order valence-electron chi connectivity index (χ3n) is 8.32. The first-order valence-corrected chi connectivity index (χ1v) is 16.5. The lowest BCUT2D eigenvalue weighted by Crippen LogP contribution is -2.01. The van der Waals surface area contributed by atoms with Crippen molar-refractivity contribution in [3.63, 3.8) is 0 Å². The van der Waals surface area contributed by atoms with Gasteiger partial charge in [-0.2, -0.15) is 0 Å². The van der Waals surface area contributed by atoms with E-state index in [4.69, 9.17) is 9.83 Å². The first kappa shape index (κ1) is 32.0. The van der Waals surface area contributed by atoms with Crippen LogP contribution < -0.4 is 0 Å². The molecule has 0 saturated carbocycles. The van der Waals surface area contributed by atoms with Crippen LogP contribution in [0.25, 0.3) is 55.3 Å². The van der Waals surface area contributed by atoms with E-state index in [2.05, 4.69) is 128 Å². The van der Waals surface area contributed by atoms with Gasteiger partial charge in [0.25, 0.3) is 0 Å². The number of rotatable bonds is 5. The molecule has 0 radical (unpaired) electrons. The number of hydrogen-bond acceptors (Lipinski definition) is 2. The van der Waals surface area contributed by atoms with Crippen molar-refractivity contribution in [2.45, 2.75) is 20.8 Å². The fraction of sp³-hybridized carbons (Fsp3) is 0.0652. The Kier molecular flexibility index (Phi) is 10.0. The van der Waals surface area contributed by atoms with E-state index in [0.717, 1.165) is 44.2 Å². The second-order valence-corrected chi connectivity index (χ2v) is 11.4. The SMILES string of the molecule is CC.Cc1ccc(-c2ccccc2)cc1.N=C(c1ccccc1)c1cccc2c1oc1c(-c3ccc(-c4ccccc4)cc3)cccc12. The molecule has 0 saturated heterocycles. The van der Waals surface area contributed by atoms with Crippen LogP contribution in [0, 0.1) is 12.3 Å². The van der Waals surface area contributed by atoms with Crippen LogP contribution in [0.3, 0.4) is 0 Å². The van der Waals surface area contributed by atoms with Crippen molar-refractivity contribution < 1.29 is 4.42 Å². The van der Waals surface area contributed by atoms with E-state index in [0.29, 0.717) is 5.71 Å². The van der Waals surface area contributed by atoms with Crippen LogP contribution in [0.1, 0.15) is 30.5 Å². The van der Waals surface area contributed by atoms with Gasteiger partial charge in [-0.15, -0.1) is 0 Å². The predicted octanol–water partition coefficient (Wildman–Crippen LogP) is 13.0. The fourth-order valence-electron chi connectivity index (χ4n) is 5.85. The van der Waals surface area contributed by atoms with Crippen LogP contribution in [-0.2, 0) is 0 Å². The molecule has 0 amide bonds. The highest BCUT2D eigenvalue weighted by Crippen LogP contribution is 2.38. The molecule has 1 aromatic heterocycles. The highest BCUT2D eigenvalue weighted by Gasteiger charge is 2.17. The molecule has 8 aromatic rings. The predicted molar refractivity (Wildman–Crippen MR) is 205 cm³/mol. The van der Waals surface area contributed by atoms with E-state index in [9.17, 15) is 0 Å². The molecule has 48 heavy (non-hydrogen) atoms. The van der Waals surface area contributed by atoms with Crippen molar-refractivity contribution in [2.75, 3.05) is 0 Å². The van der Waals surface area contributed by atoms with Crippen molar-refractivity contribution in [2.24, 2.45) is 0 Å². The van der Waals surface area contributed by atoms with Gasteiger partial charge in [-0.25, -0.2) is 0 Å². The molecule has 0 fully saturated rings. The zero-order valence-corrected chi connectivity index (χ0v) is 27.7. The average molecular weight is 622 g/mol. The molecule has 1 N–H and O–H groups in total. The third kappa shape index (κ3) is 6.89. The van der Waals surface area contributed by atoms with Gasteiger partial charge in [0.1, 0.15) is 11.2 Å². The molecule has 0 bridgehead atoms. The number of fused-ring (bicyclic) bond motifs is 3. The molecule has 7 aromatic carbocycles. The van der Waals surface area contributed by atoms with Gasteiger partial charge in [0.15, 0.2) is 0 Å². The molecular formula is C46H39NO. The first-order valence-electron chi connectivity index (χ1n) is 16.5. The van der Waals surface area contributed by atoms with Crippen LogP contribution in [0.15, 0.2) is 180 Å². The van der Waals surface area contributed by atoms with E-state index in [1.165, 1.54) is 27.8 Å². The standard InChI is InChI=1S/C31H21NO.C13H12.C2H6/c32-29(24-11-5-2-6-12-24)28-16-8-15-27-26-14-7-13-25(30(26)33-31(27)28)23-19-17-22(18-20-23)21-9-3-1-4-10-21;1-11-7-9-13(10-8-11)12-5-3-2-4-6-12;1-2/h1-20,32H;2-10H,1H3;1-2H3. The van der Waals surface area contributed by atoms with Gasteiger partial charge in [-0.1, -0.05) is 189 Å². The maximum atomic E-state index is 8.79. The normalized spacial score (nSPS) is 10.5. The minimum absolute atomic E-state index is 0.467. The Morgan fingerprint density at radius 2 is 0.854 bits per heavy atom. The topological polar surface area (TPSA) is 37.0 Å². The average Bonchev–Trinajstić information content (AvgIpc) is 3.56. The Labute approximate surface area is 283 Å². The molecular weight excluding hydrogens is 583 g/mol. The van der Waals surface area contributed by atoms with E-state index < -0.39 is 0 Å². The highest BCUT2D eigenvalue weighted by molar-refractivity contribution is 6.21. The van der Waals surface area contributed by atoms with Crippen molar-refractivity contribution in [1.82, 2.24) is 0 Å². The first-order chi connectivity index (χ1) is 23.7. The molecule has 0 spiro atoms. The van der Waals surface area contributed by atoms with Gasteiger partial charge in [0.05, 0.1) is 5.71 Å². The van der Waals surface area contributed by atoms with Gasteiger partial charge in [-0.3, -0.25) is 5.41 Å². The Balaban J connectivity index is 0.000000224. The summed E-state index contributed by atoms with van der Waals surface area (Å²) in [5, 5.41) is 10.9. The maximum Gasteiger partial charge on any atom is 0.144 e. The minimum Gasteiger partial charge on any atom is -0.455 e. The number of furan rings is 1. The summed E-state index contributed by atoms with van der Waals surface area (Å²) < 4.78 is 6.49. The van der Waals surface area contributed by atoms with Crippen molar-refractivity contribution in [1.29, 1.82) is 5.41 Å². The molecule has 1 heterocycles. The number of nitrogens with one attached hydrogen (secondary N) is 1. The van der Waals surface area contributed by atoms with Crippen LogP contribution in [0.5, 0.6) is 0 Å². The Bertz CT molecular complexity index is 2230. The zero-order valence-electron chi connectivity index (χ0n) is 27.7. The second kappa shape index (κ2) is 15.1. The van der Waals surface area contributed by atoms with Gasteiger partial charge < -0.3 is 4.42 Å². The number of para-hydroxylation sites is 2. The van der Waals surface area contributed by atoms with Crippen LogP contribution in [0.4, 0.5) is 0 Å². The van der Waals surface area contributed by atoms with Crippen molar-refractivity contribution in [3.8, 4) is 33.4 Å². The largest absolute Gasteiger partial charge is 0.455 e. The summed E-state index contributed by atoms with van der Waals surface area (Å²) in [5.74, 6) is 0. The summed E-state index contributed by atoms with van der Waals surface area (Å²) in [7, 11) is 0. The molecule has 2 heteroatoms. The quantitative estimate of drug-likeness (QED) is 0.191. The molecule has 0 aliphatic rings. The molecule has 2 nitrogen and oxygen atoms in total. The lowest BCUT2D eigenvalue weighted by atomic mass is 9.98. The second-order valence-electron chi connectivity index (χ2n) is 11.4. The molecule has 0 unspecified atom stereocenters. The molecule has 234 valence electrons. The lowest BCUT2D eigenvalue weighted by molar-refractivity contribution is 0.669. The van der Waals surface area contributed by atoms with E-state index in [1.54, 1.807) is 0 Å². The third-order valence-corrected chi connectivity index (χ3v) is 8.32. The van der Waals surface area contributed by atoms with Crippen LogP contribution in [-0.4, -0.2) is 5.71 Å². The monoisotopic (exact) mass is 621 g/mol. The summed E-state index contributed by atoms with van der Waals surface area (Å²) in [6.07, 6.45) is 0. The van der Waals surface area contributed by atoms with Crippen molar-refractivity contribution in [3.05, 3.63) is 193 Å². The lowest BCUT2D eigenvalue weighted by Gasteiger charge is -2.06. The Morgan fingerprint density at radius 3 is 1.42 bits per heavy atom. The summed E-state index contributed by atoms with van der Waals surface area (Å²) >= 11 is 0. The highest BCUT2D eigenvalue weighted by atomic mass is 16.3. The molecule has 0 aliphatic heterocycles. The maximum absolute atomic E-state index is 8.79. The van der Waals surface area contributed by atoms with Gasteiger partial charge in [0, 0.05) is 27.5 Å². The molecule has 0 aliphatic carbocycles. The summed E-state index contributed by atoms with van der Waals surface area (Å²) in [4.78, 5) is 0. The summed E-state index contributed by atoms with van der Waals surface area (Å²) in [6.45, 7) is 6.11. The number of benzene rings is 7. The van der Waals surface area contributed by atoms with E-state index >= 15 is 0 Å². The van der Waals surface area contributed by atoms with Gasteiger partial charge in [-0.05, 0) is 40.8 Å². The van der Waals surface area contributed by atoms with Gasteiger partial charge in [0.2, 0.25) is 0 Å². The van der Waals surface area contributed by atoms with Crippen LogP contribution in [0.2, 0.25) is 0 Å². The summed E-state index contributed by atoms with van der Waals surface area (Å²) in [5.41, 5.74) is 12.2. The van der Waals surface area contributed by atoms with Crippen molar-refractivity contribution >= 4 is 27.7 Å². The fourth-order valence-corrected chi connectivity index (χ4v) is 5.85. The molecule has 0 atom stereocenters. The van der Waals surface area contributed by atoms with Gasteiger partial charge >= 0.3 is 0 Å². The van der Waals surface area contributed by atoms with Crippen LogP contribution >= 0.6 is 0 Å². The minimum atomic E-state index is 0.467. The van der Waals surface area contributed by atoms with E-state index in [1.807, 2.05) is 68.4 Å². The zero-order chi connectivity index (χ0) is 33.3. The number of aryl methyl sites for hydroxylation is 1. The number of hydrogen-bond donors (Lipinski definition) is 1. The smallest absolute Gasteiger partial charge is 0.144 e. The summed E-state index contributed by atoms with van der Waals surface area (Å²) in [6, 6.07) is 60.2. The Morgan fingerprint density at radius 1 is 0.417 bits per heavy atom.